The Morgan fingerprint density at radius 3 is 2.93 bits per heavy atom. The minimum atomic E-state index is -0.0964. The van der Waals surface area contributed by atoms with Gasteiger partial charge in [-0.15, -0.1) is 0 Å². The van der Waals surface area contributed by atoms with Crippen LogP contribution in [0.1, 0.15) is 34.3 Å². The summed E-state index contributed by atoms with van der Waals surface area (Å²) in [6.07, 6.45) is 7.60. The van der Waals surface area contributed by atoms with Crippen LogP contribution < -0.4 is 9.47 Å². The quantitative estimate of drug-likeness (QED) is 0.781. The Balaban J connectivity index is 1.42. The van der Waals surface area contributed by atoms with Crippen molar-refractivity contribution in [3.63, 3.8) is 0 Å². The van der Waals surface area contributed by atoms with Crippen molar-refractivity contribution in [2.24, 2.45) is 0 Å². The van der Waals surface area contributed by atoms with E-state index in [0.717, 1.165) is 42.9 Å². The topological polar surface area (TPSA) is 60.9 Å². The van der Waals surface area contributed by atoms with Gasteiger partial charge in [-0.25, -0.2) is 0 Å². The minimum absolute atomic E-state index is 0.0964. The van der Waals surface area contributed by atoms with Crippen LogP contribution in [-0.4, -0.2) is 41.7 Å². The molecule has 6 nitrogen and oxygen atoms in total. The zero-order valence-electron chi connectivity index (χ0n) is 14.9. The number of nitrogens with zero attached hydrogens (tertiary/aromatic N) is 2. The normalized spacial score (nSPS) is 23.0. The van der Waals surface area contributed by atoms with Crippen molar-refractivity contribution in [2.45, 2.75) is 25.5 Å². The first-order valence-corrected chi connectivity index (χ1v) is 9.25. The van der Waals surface area contributed by atoms with Crippen LogP contribution in [-0.2, 0) is 11.3 Å². The summed E-state index contributed by atoms with van der Waals surface area (Å²) < 4.78 is 17.6. The third-order valence-electron chi connectivity index (χ3n) is 5.17. The molecule has 0 unspecified atom stereocenters. The highest BCUT2D eigenvalue weighted by atomic mass is 16.5. The third kappa shape index (κ3) is 3.11. The van der Waals surface area contributed by atoms with Crippen LogP contribution in [0.5, 0.6) is 11.5 Å². The predicted octanol–water partition coefficient (Wildman–Crippen LogP) is 3.03. The first-order chi connectivity index (χ1) is 13.3. The van der Waals surface area contributed by atoms with E-state index in [4.69, 9.17) is 14.2 Å². The molecule has 5 rings (SSSR count). The summed E-state index contributed by atoms with van der Waals surface area (Å²) in [7, 11) is 0. The number of allylic oxidation sites excluding steroid dienone is 1. The summed E-state index contributed by atoms with van der Waals surface area (Å²) >= 11 is 0. The molecular formula is C21H20N2O4. The molecule has 0 N–H and O–H groups in total. The lowest BCUT2D eigenvalue weighted by atomic mass is 10.0. The summed E-state index contributed by atoms with van der Waals surface area (Å²) in [4.78, 5) is 19.0. The van der Waals surface area contributed by atoms with Gasteiger partial charge < -0.3 is 14.2 Å². The standard InChI is InChI=1S/C21H20N2O4/c24-20-16-3-4-18-17(12-23(13-26-18)11-15-2-1-9-25-15)21(16)27-19(20)10-14-5-7-22-8-6-14/h3-8,10,15H,1-2,9,11-13H2/t15-/m1/s1. The van der Waals surface area contributed by atoms with Gasteiger partial charge in [-0.1, -0.05) is 0 Å². The molecule has 0 spiro atoms. The van der Waals surface area contributed by atoms with Gasteiger partial charge in [0.05, 0.1) is 17.2 Å². The predicted molar refractivity (Wildman–Crippen MR) is 98.5 cm³/mol. The number of hydrogen-bond acceptors (Lipinski definition) is 6. The van der Waals surface area contributed by atoms with Crippen LogP contribution in [0.15, 0.2) is 42.4 Å². The Morgan fingerprint density at radius 1 is 1.22 bits per heavy atom. The van der Waals surface area contributed by atoms with Crippen molar-refractivity contribution in [1.29, 1.82) is 0 Å². The van der Waals surface area contributed by atoms with E-state index in [1.165, 1.54) is 0 Å². The molecule has 27 heavy (non-hydrogen) atoms. The Hall–Kier alpha value is -2.70. The zero-order valence-corrected chi connectivity index (χ0v) is 14.9. The van der Waals surface area contributed by atoms with E-state index in [1.807, 2.05) is 18.2 Å². The molecule has 1 fully saturated rings. The van der Waals surface area contributed by atoms with Crippen LogP contribution in [0.3, 0.4) is 0 Å². The Labute approximate surface area is 157 Å². The molecule has 3 aliphatic heterocycles. The molecule has 0 amide bonds. The summed E-state index contributed by atoms with van der Waals surface area (Å²) in [6, 6.07) is 7.34. The number of ketones is 1. The number of Topliss-reactive ketones (excluding diaryl/α,β-unsaturated/α-hetero) is 1. The highest BCUT2D eigenvalue weighted by Crippen LogP contribution is 2.42. The van der Waals surface area contributed by atoms with Crippen molar-refractivity contribution >= 4 is 11.9 Å². The van der Waals surface area contributed by atoms with Gasteiger partial charge in [0.25, 0.3) is 0 Å². The van der Waals surface area contributed by atoms with E-state index in [-0.39, 0.29) is 11.9 Å². The summed E-state index contributed by atoms with van der Waals surface area (Å²) in [5.74, 6) is 1.65. The maximum atomic E-state index is 12.8. The van der Waals surface area contributed by atoms with Crippen LogP contribution in [0.25, 0.3) is 6.08 Å². The molecule has 1 saturated heterocycles. The largest absolute Gasteiger partial charge is 0.478 e. The monoisotopic (exact) mass is 364 g/mol. The summed E-state index contributed by atoms with van der Waals surface area (Å²) in [5.41, 5.74) is 2.41. The Bertz CT molecular complexity index is 904. The lowest BCUT2D eigenvalue weighted by molar-refractivity contribution is 0.0274. The molecule has 3 aliphatic rings. The van der Waals surface area contributed by atoms with E-state index < -0.39 is 0 Å². The highest BCUT2D eigenvalue weighted by molar-refractivity contribution is 6.15. The first-order valence-electron chi connectivity index (χ1n) is 9.25. The molecule has 0 saturated carbocycles. The fourth-order valence-corrected chi connectivity index (χ4v) is 3.81. The molecule has 1 aromatic carbocycles. The van der Waals surface area contributed by atoms with Crippen LogP contribution in [0.4, 0.5) is 0 Å². The van der Waals surface area contributed by atoms with Gasteiger partial charge in [0.2, 0.25) is 5.78 Å². The third-order valence-corrected chi connectivity index (χ3v) is 5.17. The molecule has 138 valence electrons. The minimum Gasteiger partial charge on any atom is -0.478 e. The average Bonchev–Trinajstić information content (AvgIpc) is 3.31. The maximum absolute atomic E-state index is 12.8. The summed E-state index contributed by atoms with van der Waals surface area (Å²) in [5, 5.41) is 0. The number of carbonyl (C=O) groups excluding carboxylic acids is 1. The second-order valence-electron chi connectivity index (χ2n) is 7.06. The van der Waals surface area contributed by atoms with E-state index in [1.54, 1.807) is 24.5 Å². The number of benzene rings is 1. The van der Waals surface area contributed by atoms with Gasteiger partial charge in [0.15, 0.2) is 5.76 Å². The Kier molecular flexibility index (Phi) is 4.14. The van der Waals surface area contributed by atoms with Gasteiger partial charge in [-0.05, 0) is 48.7 Å². The van der Waals surface area contributed by atoms with Crippen molar-refractivity contribution in [2.75, 3.05) is 19.9 Å². The van der Waals surface area contributed by atoms with Crippen LogP contribution in [0, 0.1) is 0 Å². The molecule has 4 heterocycles. The number of ether oxygens (including phenoxy) is 3. The van der Waals surface area contributed by atoms with E-state index in [9.17, 15) is 4.79 Å². The number of hydrogen-bond donors (Lipinski definition) is 0. The maximum Gasteiger partial charge on any atom is 0.231 e. The van der Waals surface area contributed by atoms with Gasteiger partial charge >= 0.3 is 0 Å². The average molecular weight is 364 g/mol. The molecule has 0 radical (unpaired) electrons. The van der Waals surface area contributed by atoms with E-state index in [2.05, 4.69) is 9.88 Å². The second-order valence-corrected chi connectivity index (χ2v) is 7.06. The van der Waals surface area contributed by atoms with Crippen LogP contribution in [0.2, 0.25) is 0 Å². The molecule has 6 heteroatoms. The lowest BCUT2D eigenvalue weighted by Crippen LogP contribution is -2.37. The van der Waals surface area contributed by atoms with Crippen molar-refractivity contribution in [3.05, 3.63) is 59.1 Å². The van der Waals surface area contributed by atoms with Crippen molar-refractivity contribution in [3.8, 4) is 11.5 Å². The highest BCUT2D eigenvalue weighted by Gasteiger charge is 2.34. The fourth-order valence-electron chi connectivity index (χ4n) is 3.81. The van der Waals surface area contributed by atoms with Gasteiger partial charge in [-0.3, -0.25) is 14.7 Å². The smallest absolute Gasteiger partial charge is 0.231 e. The van der Waals surface area contributed by atoms with E-state index in [0.29, 0.717) is 30.3 Å². The number of rotatable bonds is 3. The fraction of sp³-hybridized carbons (Fsp3) is 0.333. The SMILES string of the molecule is O=C1C(=Cc2ccncc2)Oc2c1ccc1c2CN(C[C@H]2CCCO2)CO1. The number of pyridine rings is 1. The molecule has 1 aromatic heterocycles. The van der Waals surface area contributed by atoms with Crippen molar-refractivity contribution < 1.29 is 19.0 Å². The molecule has 2 aromatic rings. The van der Waals surface area contributed by atoms with Gasteiger partial charge in [-0.2, -0.15) is 0 Å². The second kappa shape index (κ2) is 6.79. The first kappa shape index (κ1) is 16.5. The van der Waals surface area contributed by atoms with Crippen molar-refractivity contribution in [1.82, 2.24) is 9.88 Å². The van der Waals surface area contributed by atoms with Gasteiger partial charge in [0, 0.05) is 32.1 Å². The lowest BCUT2D eigenvalue weighted by Gasteiger charge is -2.31. The number of fused-ring (bicyclic) bond motifs is 3. The summed E-state index contributed by atoms with van der Waals surface area (Å²) in [6.45, 7) is 2.89. The van der Waals surface area contributed by atoms with Crippen LogP contribution >= 0.6 is 0 Å². The van der Waals surface area contributed by atoms with Gasteiger partial charge in [0.1, 0.15) is 18.2 Å². The number of aromatic nitrogens is 1. The molecular weight excluding hydrogens is 344 g/mol. The number of carbonyl (C=O) groups is 1. The zero-order chi connectivity index (χ0) is 18.2. The Morgan fingerprint density at radius 2 is 2.11 bits per heavy atom. The molecule has 1 atom stereocenters. The van der Waals surface area contributed by atoms with E-state index >= 15 is 0 Å². The molecule has 0 aliphatic carbocycles. The molecule has 0 bridgehead atoms.